The van der Waals surface area contributed by atoms with E-state index in [-0.39, 0.29) is 24.3 Å². The van der Waals surface area contributed by atoms with Crippen LogP contribution < -0.4 is 0 Å². The average Bonchev–Trinajstić information content (AvgIpc) is 2.87. The third kappa shape index (κ3) is 3.94. The number of Topliss-reactive ketones (excluding diaryl/α,β-unsaturated/α-hetero) is 1. The van der Waals surface area contributed by atoms with Gasteiger partial charge in [0.1, 0.15) is 5.69 Å². The molecule has 0 bridgehead atoms. The van der Waals surface area contributed by atoms with Crippen molar-refractivity contribution in [2.45, 2.75) is 33.7 Å². The van der Waals surface area contributed by atoms with Crippen molar-refractivity contribution in [3.63, 3.8) is 0 Å². The van der Waals surface area contributed by atoms with Gasteiger partial charge in [-0.1, -0.05) is 18.2 Å². The largest absolute Gasteiger partial charge is 0.464 e. The molecular formula is C21H26N2O4. The van der Waals surface area contributed by atoms with E-state index in [1.54, 1.807) is 54.6 Å². The number of hydrogen-bond acceptors (Lipinski definition) is 4. The van der Waals surface area contributed by atoms with E-state index in [2.05, 4.69) is 0 Å². The van der Waals surface area contributed by atoms with Gasteiger partial charge < -0.3 is 14.2 Å². The van der Waals surface area contributed by atoms with E-state index in [0.717, 1.165) is 0 Å². The van der Waals surface area contributed by atoms with Crippen LogP contribution in [0.15, 0.2) is 30.3 Å². The summed E-state index contributed by atoms with van der Waals surface area (Å²) in [6.07, 6.45) is 0. The molecule has 0 fully saturated rings. The van der Waals surface area contributed by atoms with Crippen LogP contribution in [0.25, 0.3) is 0 Å². The summed E-state index contributed by atoms with van der Waals surface area (Å²) < 4.78 is 6.49. The molecule has 0 saturated carbocycles. The Morgan fingerprint density at radius 2 is 1.70 bits per heavy atom. The van der Waals surface area contributed by atoms with Crippen molar-refractivity contribution in [3.8, 4) is 0 Å². The van der Waals surface area contributed by atoms with Gasteiger partial charge in [0.15, 0.2) is 5.78 Å². The van der Waals surface area contributed by atoms with E-state index < -0.39 is 5.97 Å². The summed E-state index contributed by atoms with van der Waals surface area (Å²) in [5, 5.41) is 0. The number of hydrogen-bond donors (Lipinski definition) is 0. The van der Waals surface area contributed by atoms with Gasteiger partial charge in [0.2, 0.25) is 0 Å². The highest BCUT2D eigenvalue weighted by atomic mass is 16.5. The summed E-state index contributed by atoms with van der Waals surface area (Å²) in [4.78, 5) is 39.5. The fourth-order valence-electron chi connectivity index (χ4n) is 3.24. The first-order valence-corrected chi connectivity index (χ1v) is 8.84. The molecule has 2 rings (SSSR count). The Balaban J connectivity index is 2.37. The second-order valence-corrected chi connectivity index (χ2v) is 6.80. The normalized spacial score (nSPS) is 10.8. The minimum atomic E-state index is -0.488. The fourth-order valence-corrected chi connectivity index (χ4v) is 3.24. The van der Waals surface area contributed by atoms with Gasteiger partial charge in [0.25, 0.3) is 5.91 Å². The number of carbonyl (C=O) groups excluding carboxylic acids is 3. The molecule has 0 aliphatic carbocycles. The van der Waals surface area contributed by atoms with Crippen LogP contribution in [0.5, 0.6) is 0 Å². The molecule has 144 valence electrons. The van der Waals surface area contributed by atoms with Gasteiger partial charge in [-0.2, -0.15) is 0 Å². The lowest BCUT2D eigenvalue weighted by Gasteiger charge is -2.26. The maximum absolute atomic E-state index is 13.1. The molecule has 0 unspecified atom stereocenters. The Hall–Kier alpha value is -2.89. The maximum Gasteiger partial charge on any atom is 0.354 e. The second kappa shape index (κ2) is 8.20. The SMILES string of the molecule is COC(=O)c1c(C)c(C(=O)CN(C(=O)c2ccccc2)C(C)C)c(C)n1C. The quantitative estimate of drug-likeness (QED) is 0.579. The summed E-state index contributed by atoms with van der Waals surface area (Å²) in [6, 6.07) is 8.74. The predicted molar refractivity (Wildman–Crippen MR) is 103 cm³/mol. The molecule has 6 nitrogen and oxygen atoms in total. The summed E-state index contributed by atoms with van der Waals surface area (Å²) in [5.41, 5.74) is 2.60. The zero-order valence-corrected chi connectivity index (χ0v) is 16.7. The Morgan fingerprint density at radius 1 is 1.11 bits per heavy atom. The lowest BCUT2D eigenvalue weighted by atomic mass is 10.0. The van der Waals surface area contributed by atoms with Crippen LogP contribution in [-0.4, -0.2) is 46.8 Å². The third-order valence-corrected chi connectivity index (χ3v) is 4.81. The number of rotatable bonds is 6. The van der Waals surface area contributed by atoms with Crippen molar-refractivity contribution in [2.75, 3.05) is 13.7 Å². The first kappa shape index (κ1) is 20.4. The van der Waals surface area contributed by atoms with Crippen molar-refractivity contribution in [3.05, 3.63) is 58.4 Å². The van der Waals surface area contributed by atoms with Gasteiger partial charge in [-0.3, -0.25) is 9.59 Å². The zero-order valence-electron chi connectivity index (χ0n) is 16.7. The Bertz CT molecular complexity index is 866. The fraction of sp³-hybridized carbons (Fsp3) is 0.381. The standard InChI is InChI=1S/C21H26N2O4/c1-13(2)23(20(25)16-10-8-7-9-11-16)12-17(24)18-14(3)19(21(26)27-6)22(5)15(18)4/h7-11,13H,12H2,1-6H3. The molecule has 2 aromatic rings. The van der Waals surface area contributed by atoms with Crippen molar-refractivity contribution >= 4 is 17.7 Å². The second-order valence-electron chi connectivity index (χ2n) is 6.80. The summed E-state index contributed by atoms with van der Waals surface area (Å²) in [5.74, 6) is -0.884. The first-order chi connectivity index (χ1) is 12.7. The van der Waals surface area contributed by atoms with Crippen molar-refractivity contribution in [1.29, 1.82) is 0 Å². The highest BCUT2D eigenvalue weighted by Gasteiger charge is 2.28. The van der Waals surface area contributed by atoms with Crippen molar-refractivity contribution < 1.29 is 19.1 Å². The third-order valence-electron chi connectivity index (χ3n) is 4.81. The van der Waals surface area contributed by atoms with Crippen LogP contribution in [0, 0.1) is 13.8 Å². The minimum absolute atomic E-state index is 0.0578. The lowest BCUT2D eigenvalue weighted by molar-refractivity contribution is 0.0588. The van der Waals surface area contributed by atoms with E-state index in [0.29, 0.717) is 28.1 Å². The van der Waals surface area contributed by atoms with Crippen LogP contribution in [0.3, 0.4) is 0 Å². The van der Waals surface area contributed by atoms with Crippen LogP contribution in [0.2, 0.25) is 0 Å². The van der Waals surface area contributed by atoms with Gasteiger partial charge in [-0.15, -0.1) is 0 Å². The number of carbonyl (C=O) groups is 3. The average molecular weight is 370 g/mol. The molecule has 27 heavy (non-hydrogen) atoms. The molecule has 0 aliphatic rings. The molecule has 1 amide bonds. The summed E-state index contributed by atoms with van der Waals surface area (Å²) >= 11 is 0. The highest BCUT2D eigenvalue weighted by Crippen LogP contribution is 2.23. The van der Waals surface area contributed by atoms with E-state index in [1.807, 2.05) is 19.9 Å². The molecule has 0 spiro atoms. The van der Waals surface area contributed by atoms with Crippen LogP contribution >= 0.6 is 0 Å². The molecule has 0 aliphatic heterocycles. The number of benzene rings is 1. The van der Waals surface area contributed by atoms with E-state index in [1.165, 1.54) is 7.11 Å². The van der Waals surface area contributed by atoms with Gasteiger partial charge in [-0.25, -0.2) is 4.79 Å². The monoisotopic (exact) mass is 370 g/mol. The number of nitrogens with zero attached hydrogens (tertiary/aromatic N) is 2. The molecule has 1 aromatic heterocycles. The van der Waals surface area contributed by atoms with Crippen LogP contribution in [0.4, 0.5) is 0 Å². The van der Waals surface area contributed by atoms with Gasteiger partial charge >= 0.3 is 5.97 Å². The molecular weight excluding hydrogens is 344 g/mol. The van der Waals surface area contributed by atoms with E-state index in [9.17, 15) is 14.4 Å². The van der Waals surface area contributed by atoms with Gasteiger partial charge in [-0.05, 0) is 45.4 Å². The van der Waals surface area contributed by atoms with Gasteiger partial charge in [0, 0.05) is 29.9 Å². The van der Waals surface area contributed by atoms with Crippen LogP contribution in [-0.2, 0) is 11.8 Å². The first-order valence-electron chi connectivity index (χ1n) is 8.84. The van der Waals surface area contributed by atoms with E-state index >= 15 is 0 Å². The smallest absolute Gasteiger partial charge is 0.354 e. The number of ketones is 1. The molecule has 0 N–H and O–H groups in total. The highest BCUT2D eigenvalue weighted by molar-refractivity contribution is 6.06. The van der Waals surface area contributed by atoms with Crippen molar-refractivity contribution in [2.24, 2.45) is 7.05 Å². The summed E-state index contributed by atoms with van der Waals surface area (Å²) in [6.45, 7) is 7.20. The number of aromatic nitrogens is 1. The Labute approximate surface area is 159 Å². The number of amides is 1. The molecule has 6 heteroatoms. The molecule has 1 heterocycles. The topological polar surface area (TPSA) is 68.6 Å². The zero-order chi connectivity index (χ0) is 20.3. The minimum Gasteiger partial charge on any atom is -0.464 e. The Morgan fingerprint density at radius 3 is 2.22 bits per heavy atom. The number of methoxy groups -OCH3 is 1. The molecule has 0 saturated heterocycles. The van der Waals surface area contributed by atoms with E-state index in [4.69, 9.17) is 4.74 Å². The molecule has 1 aromatic carbocycles. The summed E-state index contributed by atoms with van der Waals surface area (Å²) in [7, 11) is 3.03. The molecule has 0 atom stereocenters. The number of ether oxygens (including phenoxy) is 1. The predicted octanol–water partition coefficient (Wildman–Crippen LogP) is 3.16. The van der Waals surface area contributed by atoms with Crippen LogP contribution in [0.1, 0.15) is 56.3 Å². The number of esters is 1. The lowest BCUT2D eigenvalue weighted by Crippen LogP contribution is -2.41. The van der Waals surface area contributed by atoms with Crippen molar-refractivity contribution in [1.82, 2.24) is 9.47 Å². The maximum atomic E-state index is 13.1. The van der Waals surface area contributed by atoms with Gasteiger partial charge in [0.05, 0.1) is 13.7 Å². The Kier molecular flexibility index (Phi) is 6.20. The molecule has 0 radical (unpaired) electrons.